The molecule has 0 saturated carbocycles. The van der Waals surface area contributed by atoms with Gasteiger partial charge in [-0.1, -0.05) is 12.1 Å². The van der Waals surface area contributed by atoms with Gasteiger partial charge in [0.1, 0.15) is 0 Å². The molecule has 0 saturated heterocycles. The van der Waals surface area contributed by atoms with E-state index in [4.69, 9.17) is 0 Å². The lowest BCUT2D eigenvalue weighted by molar-refractivity contribution is 0.913. The summed E-state index contributed by atoms with van der Waals surface area (Å²) in [5, 5.41) is 0. The fourth-order valence-corrected chi connectivity index (χ4v) is 1.46. The highest BCUT2D eigenvalue weighted by molar-refractivity contribution is 5.60. The molecule has 14 heavy (non-hydrogen) atoms. The number of aryl methyl sites for hydroxylation is 3. The van der Waals surface area contributed by atoms with Gasteiger partial charge in [0.05, 0.1) is 12.0 Å². The summed E-state index contributed by atoms with van der Waals surface area (Å²) in [5.74, 6) is 0. The summed E-state index contributed by atoms with van der Waals surface area (Å²) in [6.07, 6.45) is 3.86. The molecule has 0 radical (unpaired) electrons. The van der Waals surface area contributed by atoms with Crippen LogP contribution in [0.3, 0.4) is 0 Å². The van der Waals surface area contributed by atoms with Crippen LogP contribution in [0.1, 0.15) is 11.1 Å². The van der Waals surface area contributed by atoms with Crippen LogP contribution in [-0.2, 0) is 7.05 Å². The molecule has 1 aromatic heterocycles. The molecule has 0 fully saturated rings. The van der Waals surface area contributed by atoms with E-state index in [1.165, 1.54) is 16.7 Å². The molecule has 0 bridgehead atoms. The fraction of sp³-hybridized carbons (Fsp3) is 0.250. The minimum atomic E-state index is 1.04. The van der Waals surface area contributed by atoms with E-state index in [-0.39, 0.29) is 0 Å². The Morgan fingerprint density at radius 2 is 1.93 bits per heavy atom. The van der Waals surface area contributed by atoms with E-state index in [0.29, 0.717) is 0 Å². The standard InChI is InChI=1S/C12H14N2/c1-9-4-5-11(6-10(9)2)12-7-14(3)8-13-12/h4-8H,1-3H3. The number of hydrogen-bond acceptors (Lipinski definition) is 1. The zero-order valence-electron chi connectivity index (χ0n) is 8.78. The first-order valence-corrected chi connectivity index (χ1v) is 4.72. The van der Waals surface area contributed by atoms with Crippen molar-refractivity contribution in [1.82, 2.24) is 9.55 Å². The first kappa shape index (κ1) is 9.00. The fourth-order valence-electron chi connectivity index (χ4n) is 1.46. The van der Waals surface area contributed by atoms with Crippen molar-refractivity contribution in [3.05, 3.63) is 41.9 Å². The van der Waals surface area contributed by atoms with Gasteiger partial charge in [-0.25, -0.2) is 4.98 Å². The van der Waals surface area contributed by atoms with Gasteiger partial charge < -0.3 is 4.57 Å². The summed E-state index contributed by atoms with van der Waals surface area (Å²) in [4.78, 5) is 4.32. The molecule has 2 aromatic rings. The van der Waals surface area contributed by atoms with Gasteiger partial charge in [-0.2, -0.15) is 0 Å². The van der Waals surface area contributed by atoms with Crippen molar-refractivity contribution in [3.8, 4) is 11.3 Å². The van der Waals surface area contributed by atoms with Gasteiger partial charge >= 0.3 is 0 Å². The molecule has 0 aliphatic rings. The van der Waals surface area contributed by atoms with E-state index >= 15 is 0 Å². The maximum atomic E-state index is 4.32. The normalized spacial score (nSPS) is 10.5. The van der Waals surface area contributed by atoms with Crippen molar-refractivity contribution in [3.63, 3.8) is 0 Å². The highest BCUT2D eigenvalue weighted by atomic mass is 15.0. The Morgan fingerprint density at radius 1 is 1.14 bits per heavy atom. The Balaban J connectivity index is 2.47. The van der Waals surface area contributed by atoms with Crippen LogP contribution in [0.15, 0.2) is 30.7 Å². The highest BCUT2D eigenvalue weighted by Crippen LogP contribution is 2.19. The molecule has 0 aliphatic carbocycles. The molecule has 2 heteroatoms. The first-order valence-electron chi connectivity index (χ1n) is 4.72. The van der Waals surface area contributed by atoms with Crippen LogP contribution in [-0.4, -0.2) is 9.55 Å². The molecule has 2 rings (SSSR count). The Kier molecular flexibility index (Phi) is 2.12. The molecule has 0 atom stereocenters. The largest absolute Gasteiger partial charge is 0.340 e. The van der Waals surface area contributed by atoms with Crippen LogP contribution in [0, 0.1) is 13.8 Å². The van der Waals surface area contributed by atoms with Crippen LogP contribution < -0.4 is 0 Å². The van der Waals surface area contributed by atoms with E-state index < -0.39 is 0 Å². The molecule has 0 spiro atoms. The molecule has 0 aliphatic heterocycles. The lowest BCUT2D eigenvalue weighted by Gasteiger charge is -2.01. The Hall–Kier alpha value is -1.57. The third-order valence-electron chi connectivity index (χ3n) is 2.51. The Morgan fingerprint density at radius 3 is 2.50 bits per heavy atom. The monoisotopic (exact) mass is 186 g/mol. The molecular formula is C12H14N2. The summed E-state index contributed by atoms with van der Waals surface area (Å²) in [5.41, 5.74) is 4.86. The van der Waals surface area contributed by atoms with Crippen molar-refractivity contribution < 1.29 is 0 Å². The zero-order valence-corrected chi connectivity index (χ0v) is 8.78. The minimum Gasteiger partial charge on any atom is -0.340 e. The predicted octanol–water partition coefficient (Wildman–Crippen LogP) is 2.70. The molecule has 0 N–H and O–H groups in total. The summed E-state index contributed by atoms with van der Waals surface area (Å²) < 4.78 is 1.96. The number of nitrogens with zero attached hydrogens (tertiary/aromatic N) is 2. The van der Waals surface area contributed by atoms with Crippen molar-refractivity contribution in [1.29, 1.82) is 0 Å². The van der Waals surface area contributed by atoms with Crippen LogP contribution in [0.4, 0.5) is 0 Å². The number of aromatic nitrogens is 2. The lowest BCUT2D eigenvalue weighted by atomic mass is 10.1. The van der Waals surface area contributed by atoms with E-state index in [1.54, 1.807) is 0 Å². The number of benzene rings is 1. The second-order valence-electron chi connectivity index (χ2n) is 3.72. The molecule has 0 amide bonds. The quantitative estimate of drug-likeness (QED) is 0.669. The van der Waals surface area contributed by atoms with Crippen LogP contribution in [0.25, 0.3) is 11.3 Å². The molecule has 72 valence electrons. The van der Waals surface area contributed by atoms with Crippen molar-refractivity contribution in [2.45, 2.75) is 13.8 Å². The second-order valence-corrected chi connectivity index (χ2v) is 3.72. The van der Waals surface area contributed by atoms with Gasteiger partial charge in [0.15, 0.2) is 0 Å². The molecule has 1 aromatic carbocycles. The van der Waals surface area contributed by atoms with E-state index in [1.807, 2.05) is 24.1 Å². The zero-order chi connectivity index (χ0) is 10.1. The Bertz CT molecular complexity index is 455. The van der Waals surface area contributed by atoms with E-state index in [0.717, 1.165) is 5.69 Å². The summed E-state index contributed by atoms with van der Waals surface area (Å²) in [6, 6.07) is 6.43. The van der Waals surface area contributed by atoms with Gasteiger partial charge in [0, 0.05) is 18.8 Å². The topological polar surface area (TPSA) is 17.8 Å². The van der Waals surface area contributed by atoms with Gasteiger partial charge in [0.2, 0.25) is 0 Å². The first-order chi connectivity index (χ1) is 6.66. The Labute approximate surface area is 84.2 Å². The lowest BCUT2D eigenvalue weighted by Crippen LogP contribution is -1.83. The van der Waals surface area contributed by atoms with Gasteiger partial charge in [0.25, 0.3) is 0 Å². The molecule has 0 unspecified atom stereocenters. The van der Waals surface area contributed by atoms with Gasteiger partial charge in [-0.3, -0.25) is 0 Å². The summed E-state index contributed by atoms with van der Waals surface area (Å²) >= 11 is 0. The average Bonchev–Trinajstić information content (AvgIpc) is 2.57. The van der Waals surface area contributed by atoms with E-state index in [2.05, 4.69) is 37.0 Å². The minimum absolute atomic E-state index is 1.04. The molecule has 2 nitrogen and oxygen atoms in total. The smallest absolute Gasteiger partial charge is 0.0951 e. The maximum Gasteiger partial charge on any atom is 0.0951 e. The number of imidazole rings is 1. The van der Waals surface area contributed by atoms with Gasteiger partial charge in [-0.15, -0.1) is 0 Å². The van der Waals surface area contributed by atoms with Crippen LogP contribution in [0.5, 0.6) is 0 Å². The van der Waals surface area contributed by atoms with Crippen molar-refractivity contribution >= 4 is 0 Å². The highest BCUT2D eigenvalue weighted by Gasteiger charge is 2.01. The maximum absolute atomic E-state index is 4.32. The third-order valence-corrected chi connectivity index (χ3v) is 2.51. The second kappa shape index (κ2) is 3.29. The van der Waals surface area contributed by atoms with E-state index in [9.17, 15) is 0 Å². The van der Waals surface area contributed by atoms with Crippen LogP contribution in [0.2, 0.25) is 0 Å². The number of hydrogen-bond donors (Lipinski definition) is 0. The summed E-state index contributed by atoms with van der Waals surface area (Å²) in [6.45, 7) is 4.25. The van der Waals surface area contributed by atoms with Gasteiger partial charge in [-0.05, 0) is 31.0 Å². The summed E-state index contributed by atoms with van der Waals surface area (Å²) in [7, 11) is 1.98. The predicted molar refractivity (Wildman–Crippen MR) is 58.1 cm³/mol. The SMILES string of the molecule is Cc1ccc(-c2cn(C)cn2)cc1C. The third kappa shape index (κ3) is 1.55. The molecule has 1 heterocycles. The van der Waals surface area contributed by atoms with Crippen molar-refractivity contribution in [2.75, 3.05) is 0 Å². The average molecular weight is 186 g/mol. The molecular weight excluding hydrogens is 172 g/mol. The number of rotatable bonds is 1. The van der Waals surface area contributed by atoms with Crippen LogP contribution >= 0.6 is 0 Å². The van der Waals surface area contributed by atoms with Crippen molar-refractivity contribution in [2.24, 2.45) is 7.05 Å².